The predicted molar refractivity (Wildman–Crippen MR) is 63.1 cm³/mol. The normalized spacial score (nSPS) is 14.7. The minimum Gasteiger partial charge on any atom is -0.468 e. The van der Waals surface area contributed by atoms with Crippen LogP contribution in [-0.2, 0) is 9.53 Å². The molecule has 0 aliphatic carbocycles. The Balaban J connectivity index is 3.83. The van der Waals surface area contributed by atoms with Crippen molar-refractivity contribution >= 4 is 17.7 Å². The number of methoxy groups -OCH3 is 1. The maximum absolute atomic E-state index is 11.5. The quantitative estimate of drug-likeness (QED) is 0.478. The number of carbonyl (C=O) groups is 1. The lowest BCUT2D eigenvalue weighted by molar-refractivity contribution is -0.147. The molecular formula is C10H21NO3S. The van der Waals surface area contributed by atoms with Gasteiger partial charge in [-0.15, -0.1) is 0 Å². The molecule has 0 aliphatic rings. The number of hydrogen-bond donors (Lipinski definition) is 2. The van der Waals surface area contributed by atoms with Crippen LogP contribution in [0, 0.1) is 0 Å². The highest BCUT2D eigenvalue weighted by atomic mass is 32.2. The summed E-state index contributed by atoms with van der Waals surface area (Å²) in [6, 6.07) is 0. The number of esters is 1. The second kappa shape index (κ2) is 7.96. The molecule has 0 aromatic heterocycles. The van der Waals surface area contributed by atoms with E-state index in [1.54, 1.807) is 18.8 Å². The van der Waals surface area contributed by atoms with E-state index in [1.807, 2.05) is 6.92 Å². The minimum atomic E-state index is -0.596. The van der Waals surface area contributed by atoms with Crippen LogP contribution in [0.25, 0.3) is 0 Å². The number of thioether (sulfide) groups is 1. The number of aliphatic hydroxyl groups excluding tert-OH is 1. The third-order valence-corrected chi connectivity index (χ3v) is 3.45. The van der Waals surface area contributed by atoms with Crippen molar-refractivity contribution in [3.63, 3.8) is 0 Å². The summed E-state index contributed by atoms with van der Waals surface area (Å²) in [6.07, 6.45) is 1.53. The van der Waals surface area contributed by atoms with Gasteiger partial charge in [0.15, 0.2) is 0 Å². The van der Waals surface area contributed by atoms with Crippen molar-refractivity contribution in [3.05, 3.63) is 0 Å². The fourth-order valence-corrected chi connectivity index (χ4v) is 2.19. The predicted octanol–water partition coefficient (Wildman–Crippen LogP) is 0.643. The molecule has 4 nitrogen and oxygen atoms in total. The first-order chi connectivity index (χ1) is 7.10. The first kappa shape index (κ1) is 14.7. The molecule has 0 saturated carbocycles. The lowest BCUT2D eigenvalue weighted by atomic mass is 10.00. The summed E-state index contributed by atoms with van der Waals surface area (Å²) in [7, 11) is 3.16. The summed E-state index contributed by atoms with van der Waals surface area (Å²) in [6.45, 7) is 2.07. The van der Waals surface area contributed by atoms with E-state index in [0.717, 1.165) is 24.3 Å². The zero-order valence-electron chi connectivity index (χ0n) is 9.71. The topological polar surface area (TPSA) is 58.6 Å². The van der Waals surface area contributed by atoms with Gasteiger partial charge < -0.3 is 15.2 Å². The molecular weight excluding hydrogens is 214 g/mol. The number of likely N-dealkylation sites (N-methyl/N-ethyl adjacent to an activating group) is 1. The highest BCUT2D eigenvalue weighted by Gasteiger charge is 2.31. The van der Waals surface area contributed by atoms with E-state index >= 15 is 0 Å². The van der Waals surface area contributed by atoms with Crippen LogP contribution in [0.15, 0.2) is 0 Å². The Labute approximate surface area is 95.8 Å². The van der Waals surface area contributed by atoms with Crippen molar-refractivity contribution in [1.29, 1.82) is 0 Å². The summed E-state index contributed by atoms with van der Waals surface area (Å²) in [4.78, 5) is 11.5. The molecule has 2 N–H and O–H groups in total. The maximum atomic E-state index is 11.5. The third-order valence-electron chi connectivity index (χ3n) is 2.38. The van der Waals surface area contributed by atoms with Gasteiger partial charge >= 0.3 is 5.97 Å². The van der Waals surface area contributed by atoms with E-state index in [1.165, 1.54) is 7.11 Å². The van der Waals surface area contributed by atoms with E-state index in [9.17, 15) is 4.79 Å². The van der Waals surface area contributed by atoms with Crippen LogP contribution >= 0.6 is 11.8 Å². The first-order valence-electron chi connectivity index (χ1n) is 5.06. The molecule has 0 saturated heterocycles. The van der Waals surface area contributed by atoms with Crippen LogP contribution in [0.5, 0.6) is 0 Å². The maximum Gasteiger partial charge on any atom is 0.325 e. The van der Waals surface area contributed by atoms with E-state index in [4.69, 9.17) is 9.84 Å². The van der Waals surface area contributed by atoms with Gasteiger partial charge in [-0.1, -0.05) is 0 Å². The van der Waals surface area contributed by atoms with Gasteiger partial charge in [0.25, 0.3) is 0 Å². The van der Waals surface area contributed by atoms with E-state index in [0.29, 0.717) is 0 Å². The van der Waals surface area contributed by atoms with Gasteiger partial charge in [0.1, 0.15) is 5.54 Å². The van der Waals surface area contributed by atoms with Crippen molar-refractivity contribution in [2.45, 2.75) is 25.3 Å². The highest BCUT2D eigenvalue weighted by molar-refractivity contribution is 7.99. The largest absolute Gasteiger partial charge is 0.468 e. The number of hydrogen-bond acceptors (Lipinski definition) is 5. The van der Waals surface area contributed by atoms with Crippen LogP contribution in [-0.4, -0.2) is 48.9 Å². The molecule has 1 atom stereocenters. The highest BCUT2D eigenvalue weighted by Crippen LogP contribution is 2.15. The van der Waals surface area contributed by atoms with Gasteiger partial charge in [0, 0.05) is 6.61 Å². The summed E-state index contributed by atoms with van der Waals surface area (Å²) < 4.78 is 4.73. The van der Waals surface area contributed by atoms with Crippen LogP contribution < -0.4 is 5.32 Å². The third kappa shape index (κ3) is 5.39. The van der Waals surface area contributed by atoms with Crippen LogP contribution in [0.2, 0.25) is 0 Å². The summed E-state index contributed by atoms with van der Waals surface area (Å²) in [5.41, 5.74) is -0.596. The second-order valence-corrected chi connectivity index (χ2v) is 4.74. The van der Waals surface area contributed by atoms with Crippen molar-refractivity contribution < 1.29 is 14.6 Å². The SMILES string of the molecule is CNC(C)(CCSCCCO)C(=O)OC. The summed E-state index contributed by atoms with van der Waals surface area (Å²) in [5.74, 6) is 1.58. The molecule has 0 heterocycles. The van der Waals surface area contributed by atoms with Gasteiger partial charge in [0.2, 0.25) is 0 Å². The van der Waals surface area contributed by atoms with Crippen LogP contribution in [0.1, 0.15) is 19.8 Å². The molecule has 0 radical (unpaired) electrons. The molecule has 1 unspecified atom stereocenters. The molecule has 90 valence electrons. The monoisotopic (exact) mass is 235 g/mol. The number of rotatable bonds is 8. The van der Waals surface area contributed by atoms with Crippen LogP contribution in [0.3, 0.4) is 0 Å². The Morgan fingerprint density at radius 3 is 2.67 bits per heavy atom. The van der Waals surface area contributed by atoms with Gasteiger partial charge in [-0.2, -0.15) is 11.8 Å². The lowest BCUT2D eigenvalue weighted by Gasteiger charge is -2.25. The molecule has 0 aromatic carbocycles. The molecule has 0 fully saturated rings. The van der Waals surface area contributed by atoms with Gasteiger partial charge in [-0.25, -0.2) is 0 Å². The van der Waals surface area contributed by atoms with E-state index in [-0.39, 0.29) is 12.6 Å². The van der Waals surface area contributed by atoms with E-state index < -0.39 is 5.54 Å². The zero-order chi connectivity index (χ0) is 11.7. The minimum absolute atomic E-state index is 0.229. The number of carbonyl (C=O) groups excluding carboxylic acids is 1. The van der Waals surface area contributed by atoms with Crippen molar-refractivity contribution in [2.24, 2.45) is 0 Å². The lowest BCUT2D eigenvalue weighted by Crippen LogP contribution is -2.48. The molecule has 0 amide bonds. The Hall–Kier alpha value is -0.260. The van der Waals surface area contributed by atoms with Gasteiger partial charge in [-0.3, -0.25) is 4.79 Å². The summed E-state index contributed by atoms with van der Waals surface area (Å²) >= 11 is 1.74. The van der Waals surface area contributed by atoms with Crippen LogP contribution in [0.4, 0.5) is 0 Å². The molecule has 0 bridgehead atoms. The summed E-state index contributed by atoms with van der Waals surface area (Å²) in [5, 5.41) is 11.6. The molecule has 15 heavy (non-hydrogen) atoms. The van der Waals surface area contributed by atoms with Crippen molar-refractivity contribution in [3.8, 4) is 0 Å². The van der Waals surface area contributed by atoms with E-state index in [2.05, 4.69) is 5.32 Å². The second-order valence-electron chi connectivity index (χ2n) is 3.51. The average molecular weight is 235 g/mol. The van der Waals surface area contributed by atoms with Crippen molar-refractivity contribution in [2.75, 3.05) is 32.3 Å². The average Bonchev–Trinajstić information content (AvgIpc) is 2.27. The first-order valence-corrected chi connectivity index (χ1v) is 6.22. The Kier molecular flexibility index (Phi) is 7.82. The number of ether oxygens (including phenoxy) is 1. The molecule has 0 spiro atoms. The molecule has 5 heteroatoms. The number of aliphatic hydroxyl groups is 1. The zero-order valence-corrected chi connectivity index (χ0v) is 10.5. The smallest absolute Gasteiger partial charge is 0.325 e. The number of nitrogens with one attached hydrogen (secondary N) is 1. The van der Waals surface area contributed by atoms with Crippen molar-refractivity contribution in [1.82, 2.24) is 5.32 Å². The standard InChI is InChI=1S/C10H21NO3S/c1-10(11-2,9(13)14-3)5-8-15-7-4-6-12/h11-12H,4-8H2,1-3H3. The fourth-order valence-electron chi connectivity index (χ4n) is 1.10. The molecule has 0 rings (SSSR count). The molecule has 0 aliphatic heterocycles. The molecule has 0 aromatic rings. The Bertz CT molecular complexity index is 190. The fraction of sp³-hybridized carbons (Fsp3) is 0.900. The Morgan fingerprint density at radius 2 is 2.20 bits per heavy atom. The van der Waals surface area contributed by atoms with Gasteiger partial charge in [-0.05, 0) is 38.3 Å². The van der Waals surface area contributed by atoms with Gasteiger partial charge in [0.05, 0.1) is 7.11 Å². The Morgan fingerprint density at radius 1 is 1.53 bits per heavy atom.